The van der Waals surface area contributed by atoms with E-state index >= 15 is 0 Å². The number of aromatic nitrogens is 2. The van der Waals surface area contributed by atoms with Gasteiger partial charge in [0.15, 0.2) is 5.69 Å². The zero-order valence-corrected chi connectivity index (χ0v) is 8.13. The zero-order chi connectivity index (χ0) is 9.26. The van der Waals surface area contributed by atoms with Crippen LogP contribution in [0.3, 0.4) is 0 Å². The van der Waals surface area contributed by atoms with Crippen LogP contribution in [-0.2, 0) is 11.3 Å². The number of carbonyl (C=O) groups excluding carboxylic acids is 1. The fourth-order valence-electron chi connectivity index (χ4n) is 1.22. The highest BCUT2D eigenvalue weighted by Crippen LogP contribution is 2.25. The molecule has 0 saturated heterocycles. The smallest absolute Gasteiger partial charge is 0.358 e. The minimum Gasteiger partial charge on any atom is -0.461 e. The fourth-order valence-corrected chi connectivity index (χ4v) is 2.17. The fraction of sp³-hybridized carbons (Fsp3) is 0.500. The van der Waals surface area contributed by atoms with Crippen LogP contribution < -0.4 is 0 Å². The van der Waals surface area contributed by atoms with Crippen molar-refractivity contribution < 1.29 is 9.53 Å². The van der Waals surface area contributed by atoms with E-state index in [-0.39, 0.29) is 5.97 Å². The maximum absolute atomic E-state index is 11.2. The van der Waals surface area contributed by atoms with Crippen molar-refractivity contribution in [3.8, 4) is 0 Å². The Hall–Kier alpha value is -0.970. The van der Waals surface area contributed by atoms with Crippen molar-refractivity contribution in [1.29, 1.82) is 0 Å². The van der Waals surface area contributed by atoms with E-state index in [1.807, 2.05) is 4.68 Å². The standard InChI is InChI=1S/C8H10N2O2S/c1-2-12-8(11)6-5-7-10(9-6)3-4-13-7/h5H,2-4H2,1H3. The number of hydrogen-bond donors (Lipinski definition) is 0. The molecule has 1 aromatic rings. The van der Waals surface area contributed by atoms with Gasteiger partial charge in [-0.1, -0.05) is 0 Å². The SMILES string of the molecule is CCOC(=O)c1cc2n(n1)CCS2. The van der Waals surface area contributed by atoms with Gasteiger partial charge >= 0.3 is 5.97 Å². The Morgan fingerprint density at radius 1 is 1.85 bits per heavy atom. The first kappa shape index (κ1) is 8.62. The monoisotopic (exact) mass is 198 g/mol. The predicted octanol–water partition coefficient (Wildman–Crippen LogP) is 1.17. The van der Waals surface area contributed by atoms with Gasteiger partial charge in [-0.15, -0.1) is 11.8 Å². The van der Waals surface area contributed by atoms with Crippen molar-refractivity contribution in [2.24, 2.45) is 0 Å². The topological polar surface area (TPSA) is 44.1 Å². The van der Waals surface area contributed by atoms with E-state index in [4.69, 9.17) is 4.74 Å². The highest BCUT2D eigenvalue weighted by Gasteiger charge is 2.18. The number of nitrogens with zero attached hydrogens (tertiary/aromatic N) is 2. The normalized spacial score (nSPS) is 14.2. The molecule has 0 amide bonds. The molecular weight excluding hydrogens is 188 g/mol. The molecule has 1 aliphatic heterocycles. The van der Waals surface area contributed by atoms with E-state index < -0.39 is 0 Å². The molecule has 13 heavy (non-hydrogen) atoms. The molecule has 2 heterocycles. The number of ether oxygens (including phenoxy) is 1. The molecule has 0 saturated carbocycles. The molecule has 0 spiro atoms. The van der Waals surface area contributed by atoms with Gasteiger partial charge in [0.2, 0.25) is 0 Å². The van der Waals surface area contributed by atoms with Crippen LogP contribution in [0.2, 0.25) is 0 Å². The lowest BCUT2D eigenvalue weighted by Gasteiger charge is -1.96. The highest BCUT2D eigenvalue weighted by molar-refractivity contribution is 7.99. The van der Waals surface area contributed by atoms with Crippen molar-refractivity contribution in [1.82, 2.24) is 9.78 Å². The minimum atomic E-state index is -0.329. The first-order valence-corrected chi connectivity index (χ1v) is 5.17. The van der Waals surface area contributed by atoms with Crippen LogP contribution in [0, 0.1) is 0 Å². The summed E-state index contributed by atoms with van der Waals surface area (Å²) in [5.74, 6) is 0.718. The third-order valence-electron chi connectivity index (χ3n) is 1.78. The van der Waals surface area contributed by atoms with E-state index in [2.05, 4.69) is 5.10 Å². The number of aryl methyl sites for hydroxylation is 1. The second kappa shape index (κ2) is 3.41. The van der Waals surface area contributed by atoms with Crippen LogP contribution >= 0.6 is 11.8 Å². The van der Waals surface area contributed by atoms with Gasteiger partial charge in [0.1, 0.15) is 0 Å². The Morgan fingerprint density at radius 2 is 2.69 bits per heavy atom. The Bertz CT molecular complexity index is 313. The van der Waals surface area contributed by atoms with E-state index in [0.717, 1.165) is 17.3 Å². The van der Waals surface area contributed by atoms with Crippen molar-refractivity contribution in [2.45, 2.75) is 18.5 Å². The molecule has 70 valence electrons. The molecule has 4 nitrogen and oxygen atoms in total. The minimum absolute atomic E-state index is 0.329. The number of carbonyl (C=O) groups is 1. The predicted molar refractivity (Wildman–Crippen MR) is 48.9 cm³/mol. The number of hydrogen-bond acceptors (Lipinski definition) is 4. The molecule has 1 aliphatic rings. The van der Waals surface area contributed by atoms with Gasteiger partial charge in [-0.2, -0.15) is 5.10 Å². The van der Waals surface area contributed by atoms with Crippen molar-refractivity contribution in [2.75, 3.05) is 12.4 Å². The Labute approximate surface area is 80.3 Å². The average molecular weight is 198 g/mol. The zero-order valence-electron chi connectivity index (χ0n) is 7.32. The van der Waals surface area contributed by atoms with Crippen LogP contribution in [0.5, 0.6) is 0 Å². The van der Waals surface area contributed by atoms with Gasteiger partial charge in [-0.05, 0) is 6.92 Å². The molecule has 5 heteroatoms. The first-order chi connectivity index (χ1) is 6.31. The van der Waals surface area contributed by atoms with Crippen LogP contribution in [-0.4, -0.2) is 28.1 Å². The number of rotatable bonds is 2. The van der Waals surface area contributed by atoms with Gasteiger partial charge in [0, 0.05) is 11.8 Å². The van der Waals surface area contributed by atoms with Gasteiger partial charge < -0.3 is 4.74 Å². The molecule has 0 unspecified atom stereocenters. The summed E-state index contributed by atoms with van der Waals surface area (Å²) in [5.41, 5.74) is 0.420. The van der Waals surface area contributed by atoms with Gasteiger partial charge in [0.25, 0.3) is 0 Å². The van der Waals surface area contributed by atoms with Crippen molar-refractivity contribution in [3.63, 3.8) is 0 Å². The first-order valence-electron chi connectivity index (χ1n) is 4.19. The van der Waals surface area contributed by atoms with Gasteiger partial charge in [-0.25, -0.2) is 4.79 Å². The van der Waals surface area contributed by atoms with E-state index in [0.29, 0.717) is 12.3 Å². The lowest BCUT2D eigenvalue weighted by Crippen LogP contribution is -2.07. The van der Waals surface area contributed by atoms with Gasteiger partial charge in [-0.3, -0.25) is 4.68 Å². The third-order valence-corrected chi connectivity index (χ3v) is 2.79. The van der Waals surface area contributed by atoms with Crippen molar-refractivity contribution in [3.05, 3.63) is 11.8 Å². The summed E-state index contributed by atoms with van der Waals surface area (Å²) in [7, 11) is 0. The Kier molecular flexibility index (Phi) is 2.26. The molecule has 0 radical (unpaired) electrons. The highest BCUT2D eigenvalue weighted by atomic mass is 32.2. The third kappa shape index (κ3) is 1.56. The van der Waals surface area contributed by atoms with Crippen molar-refractivity contribution >= 4 is 17.7 Å². The maximum atomic E-state index is 11.2. The summed E-state index contributed by atoms with van der Waals surface area (Å²) in [6, 6.07) is 1.79. The second-order valence-electron chi connectivity index (χ2n) is 2.66. The van der Waals surface area contributed by atoms with Crippen LogP contribution in [0.4, 0.5) is 0 Å². The molecule has 0 bridgehead atoms. The molecule has 0 aliphatic carbocycles. The summed E-state index contributed by atoms with van der Waals surface area (Å²) >= 11 is 1.72. The molecule has 2 rings (SSSR count). The van der Waals surface area contributed by atoms with E-state index in [1.165, 1.54) is 0 Å². The second-order valence-corrected chi connectivity index (χ2v) is 3.78. The summed E-state index contributed by atoms with van der Waals surface area (Å²) in [4.78, 5) is 11.2. The van der Waals surface area contributed by atoms with E-state index in [9.17, 15) is 4.79 Å². The summed E-state index contributed by atoms with van der Waals surface area (Å²) in [6.07, 6.45) is 0. The Morgan fingerprint density at radius 3 is 3.38 bits per heavy atom. The van der Waals surface area contributed by atoms with Crippen LogP contribution in [0.15, 0.2) is 11.1 Å². The molecule has 0 aromatic carbocycles. The molecule has 0 N–H and O–H groups in total. The number of fused-ring (bicyclic) bond motifs is 1. The summed E-state index contributed by atoms with van der Waals surface area (Å²) < 4.78 is 6.68. The average Bonchev–Trinajstić information content (AvgIpc) is 2.61. The molecule has 0 atom stereocenters. The quantitative estimate of drug-likeness (QED) is 0.669. The maximum Gasteiger partial charge on any atom is 0.358 e. The van der Waals surface area contributed by atoms with Gasteiger partial charge in [0.05, 0.1) is 18.2 Å². The van der Waals surface area contributed by atoms with Crippen LogP contribution in [0.1, 0.15) is 17.4 Å². The molecular formula is C8H10N2O2S. The number of thioether (sulfide) groups is 1. The summed E-state index contributed by atoms with van der Waals surface area (Å²) in [5, 5.41) is 5.19. The van der Waals surface area contributed by atoms with Crippen LogP contribution in [0.25, 0.3) is 0 Å². The number of esters is 1. The van der Waals surface area contributed by atoms with E-state index in [1.54, 1.807) is 24.8 Å². The Balaban J connectivity index is 2.18. The lowest BCUT2D eigenvalue weighted by atomic mass is 10.4. The largest absolute Gasteiger partial charge is 0.461 e. The molecule has 1 aromatic heterocycles. The molecule has 0 fully saturated rings. The lowest BCUT2D eigenvalue weighted by molar-refractivity contribution is 0.0518. The summed E-state index contributed by atoms with van der Waals surface area (Å²) in [6.45, 7) is 3.07.